The molecule has 0 radical (unpaired) electrons. The second kappa shape index (κ2) is 5.30. The first-order valence-electron chi connectivity index (χ1n) is 6.67. The summed E-state index contributed by atoms with van der Waals surface area (Å²) in [6.07, 6.45) is 4.78. The van der Waals surface area contributed by atoms with Crippen LogP contribution in [0, 0.1) is 5.92 Å². The summed E-state index contributed by atoms with van der Waals surface area (Å²) in [6, 6.07) is 8.41. The molecule has 1 aromatic carbocycles. The largest absolute Gasteiger partial charge is 0.405 e. The predicted molar refractivity (Wildman–Crippen MR) is 79.4 cm³/mol. The lowest BCUT2D eigenvalue weighted by Crippen LogP contribution is -2.07. The fourth-order valence-electron chi connectivity index (χ4n) is 2.76. The van der Waals surface area contributed by atoms with Crippen molar-refractivity contribution in [1.29, 1.82) is 0 Å². The Morgan fingerprint density at radius 1 is 1.28 bits per heavy atom. The molecule has 0 bridgehead atoms. The number of nitrogens with two attached hydrogens (primary N) is 1. The lowest BCUT2D eigenvalue weighted by Gasteiger charge is -2.19. The highest BCUT2D eigenvalue weighted by Crippen LogP contribution is 2.34. The number of hydrogen-bond acceptors (Lipinski definition) is 1. The third-order valence-corrected chi connectivity index (χ3v) is 3.65. The highest BCUT2D eigenvalue weighted by Gasteiger charge is 2.19. The van der Waals surface area contributed by atoms with E-state index in [2.05, 4.69) is 50.0 Å². The summed E-state index contributed by atoms with van der Waals surface area (Å²) in [5, 5.41) is 1.26. The second-order valence-electron chi connectivity index (χ2n) is 5.12. The zero-order valence-corrected chi connectivity index (χ0v) is 11.4. The van der Waals surface area contributed by atoms with E-state index in [0.717, 1.165) is 6.42 Å². The number of fused-ring (bicyclic) bond motifs is 1. The van der Waals surface area contributed by atoms with Crippen LogP contribution in [0.5, 0.6) is 0 Å². The van der Waals surface area contributed by atoms with Crippen LogP contribution < -0.4 is 5.73 Å². The highest BCUT2D eigenvalue weighted by molar-refractivity contribution is 5.90. The Hall–Kier alpha value is -1.70. The molecule has 96 valence electrons. The van der Waals surface area contributed by atoms with Gasteiger partial charge in [0.25, 0.3) is 0 Å². The Balaban J connectivity index is 2.65. The molecule has 0 spiro atoms. The lowest BCUT2D eigenvalue weighted by molar-refractivity contribution is 0.477. The van der Waals surface area contributed by atoms with Gasteiger partial charge < -0.3 is 10.7 Å². The first-order chi connectivity index (χ1) is 8.69. The van der Waals surface area contributed by atoms with Gasteiger partial charge in [-0.3, -0.25) is 0 Å². The van der Waals surface area contributed by atoms with Crippen molar-refractivity contribution in [1.82, 2.24) is 4.98 Å². The maximum absolute atomic E-state index is 5.60. The third kappa shape index (κ3) is 2.15. The number of H-pyrrole nitrogens is 1. The van der Waals surface area contributed by atoms with Gasteiger partial charge in [-0.05, 0) is 30.7 Å². The molecule has 0 aliphatic carbocycles. The fourth-order valence-corrected chi connectivity index (χ4v) is 2.76. The van der Waals surface area contributed by atoms with Crippen LogP contribution in [0.25, 0.3) is 17.0 Å². The van der Waals surface area contributed by atoms with Gasteiger partial charge in [0.15, 0.2) is 0 Å². The van der Waals surface area contributed by atoms with E-state index >= 15 is 0 Å². The van der Waals surface area contributed by atoms with E-state index in [0.29, 0.717) is 11.8 Å². The van der Waals surface area contributed by atoms with Crippen LogP contribution in [0.2, 0.25) is 0 Å². The highest BCUT2D eigenvalue weighted by atomic mass is 14.7. The van der Waals surface area contributed by atoms with Crippen molar-refractivity contribution in [2.45, 2.75) is 33.1 Å². The minimum atomic E-state index is 0.545. The van der Waals surface area contributed by atoms with Gasteiger partial charge in [-0.1, -0.05) is 39.0 Å². The molecule has 2 heteroatoms. The summed E-state index contributed by atoms with van der Waals surface area (Å²) >= 11 is 0. The Bertz CT molecular complexity index is 549. The molecule has 1 atom stereocenters. The molecule has 0 fully saturated rings. The molecule has 1 heterocycles. The summed E-state index contributed by atoms with van der Waals surface area (Å²) in [5.41, 5.74) is 9.36. The van der Waals surface area contributed by atoms with Gasteiger partial charge in [-0.25, -0.2) is 0 Å². The molecule has 2 aromatic rings. The van der Waals surface area contributed by atoms with Crippen molar-refractivity contribution >= 4 is 17.0 Å². The van der Waals surface area contributed by atoms with Crippen LogP contribution in [0.3, 0.4) is 0 Å². The van der Waals surface area contributed by atoms with Gasteiger partial charge >= 0.3 is 0 Å². The van der Waals surface area contributed by atoms with E-state index in [9.17, 15) is 0 Å². The summed E-state index contributed by atoms with van der Waals surface area (Å²) in [5.74, 6) is 1.16. The van der Waals surface area contributed by atoms with Crippen molar-refractivity contribution < 1.29 is 0 Å². The van der Waals surface area contributed by atoms with E-state index in [4.69, 9.17) is 5.73 Å². The minimum Gasteiger partial charge on any atom is -0.405 e. The molecular weight excluding hydrogens is 220 g/mol. The van der Waals surface area contributed by atoms with E-state index in [1.54, 1.807) is 6.20 Å². The Morgan fingerprint density at radius 3 is 2.61 bits per heavy atom. The second-order valence-corrected chi connectivity index (χ2v) is 5.12. The quantitative estimate of drug-likeness (QED) is 0.827. The van der Waals surface area contributed by atoms with E-state index in [-0.39, 0.29) is 0 Å². The number of rotatable bonds is 4. The van der Waals surface area contributed by atoms with Crippen LogP contribution in [0.1, 0.15) is 44.4 Å². The number of para-hydroxylation sites is 1. The summed E-state index contributed by atoms with van der Waals surface area (Å²) in [4.78, 5) is 3.57. The standard InChI is InChI=1S/C16H22N2/c1-4-12(11(2)3)16-14(9-10-17)13-7-5-6-8-15(13)18-16/h5-12,18H,4,17H2,1-3H3/b10-9-. The van der Waals surface area contributed by atoms with Crippen LogP contribution in [0.15, 0.2) is 30.5 Å². The van der Waals surface area contributed by atoms with Crippen molar-refractivity contribution in [2.75, 3.05) is 0 Å². The first kappa shape index (κ1) is 12.7. The van der Waals surface area contributed by atoms with Crippen LogP contribution in [-0.2, 0) is 0 Å². The average molecular weight is 242 g/mol. The number of nitrogens with one attached hydrogen (secondary N) is 1. The summed E-state index contributed by atoms with van der Waals surface area (Å²) in [6.45, 7) is 6.79. The maximum atomic E-state index is 5.60. The molecule has 2 rings (SSSR count). The van der Waals surface area contributed by atoms with Crippen molar-refractivity contribution in [2.24, 2.45) is 11.7 Å². The molecule has 3 N–H and O–H groups in total. The van der Waals surface area contributed by atoms with E-state index < -0.39 is 0 Å². The molecule has 1 unspecified atom stereocenters. The Kier molecular flexibility index (Phi) is 3.75. The van der Waals surface area contributed by atoms with Crippen molar-refractivity contribution in [3.8, 4) is 0 Å². The minimum absolute atomic E-state index is 0.545. The number of hydrogen-bond donors (Lipinski definition) is 2. The Labute approximate surface area is 109 Å². The van der Waals surface area contributed by atoms with Gasteiger partial charge in [0.05, 0.1) is 0 Å². The van der Waals surface area contributed by atoms with Gasteiger partial charge in [0, 0.05) is 28.1 Å². The van der Waals surface area contributed by atoms with Gasteiger partial charge in [-0.15, -0.1) is 0 Å². The number of aromatic nitrogens is 1. The summed E-state index contributed by atoms with van der Waals surface area (Å²) < 4.78 is 0. The maximum Gasteiger partial charge on any atom is 0.0462 e. The Morgan fingerprint density at radius 2 is 2.00 bits per heavy atom. The normalized spacial score (nSPS) is 13.8. The monoisotopic (exact) mass is 242 g/mol. The lowest BCUT2D eigenvalue weighted by atomic mass is 9.88. The SMILES string of the molecule is CCC(c1[nH]c2ccccc2c1/C=C\N)C(C)C. The zero-order valence-electron chi connectivity index (χ0n) is 11.4. The topological polar surface area (TPSA) is 41.8 Å². The van der Waals surface area contributed by atoms with Crippen LogP contribution in [0.4, 0.5) is 0 Å². The molecule has 0 saturated heterocycles. The first-order valence-corrected chi connectivity index (χ1v) is 6.67. The zero-order chi connectivity index (χ0) is 13.1. The third-order valence-electron chi connectivity index (χ3n) is 3.65. The van der Waals surface area contributed by atoms with Gasteiger partial charge in [-0.2, -0.15) is 0 Å². The molecule has 18 heavy (non-hydrogen) atoms. The number of benzene rings is 1. The van der Waals surface area contributed by atoms with Gasteiger partial charge in [0.2, 0.25) is 0 Å². The van der Waals surface area contributed by atoms with E-state index in [1.165, 1.54) is 22.2 Å². The molecule has 0 amide bonds. The molecule has 1 aromatic heterocycles. The average Bonchev–Trinajstić information content (AvgIpc) is 2.70. The molecule has 0 aliphatic rings. The van der Waals surface area contributed by atoms with Crippen molar-refractivity contribution in [3.63, 3.8) is 0 Å². The van der Waals surface area contributed by atoms with Crippen LogP contribution >= 0.6 is 0 Å². The fraction of sp³-hybridized carbons (Fsp3) is 0.375. The van der Waals surface area contributed by atoms with Crippen molar-refractivity contribution in [3.05, 3.63) is 41.7 Å². The molecule has 2 nitrogen and oxygen atoms in total. The molecular formula is C16H22N2. The predicted octanol–water partition coefficient (Wildman–Crippen LogP) is 4.25. The molecule has 0 aliphatic heterocycles. The van der Waals surface area contributed by atoms with Gasteiger partial charge in [0.1, 0.15) is 0 Å². The smallest absolute Gasteiger partial charge is 0.0462 e. The number of aromatic amines is 1. The van der Waals surface area contributed by atoms with E-state index in [1.807, 2.05) is 6.08 Å². The summed E-state index contributed by atoms with van der Waals surface area (Å²) in [7, 11) is 0. The molecule has 0 saturated carbocycles. The van der Waals surface area contributed by atoms with Crippen LogP contribution in [-0.4, -0.2) is 4.98 Å².